The van der Waals surface area contributed by atoms with Gasteiger partial charge in [0.15, 0.2) is 0 Å². The third kappa shape index (κ3) is 5.91. The number of anilines is 1. The number of carbonyl (C=O) groups excluding carboxylic acids is 1. The number of unbranched alkanes of at least 4 members (excludes halogenated alkanes) is 2. The van der Waals surface area contributed by atoms with Gasteiger partial charge in [0.2, 0.25) is 0 Å². The van der Waals surface area contributed by atoms with Crippen molar-refractivity contribution < 1.29 is 4.79 Å². The fraction of sp³-hybridized carbons (Fsp3) is 0.435. The molecule has 0 saturated heterocycles. The topological polar surface area (TPSA) is 58.4 Å². The van der Waals surface area contributed by atoms with Gasteiger partial charge in [-0.15, -0.1) is 0 Å². The highest BCUT2D eigenvalue weighted by Gasteiger charge is 2.39. The van der Waals surface area contributed by atoms with Crippen LogP contribution in [0.15, 0.2) is 60.7 Å². The summed E-state index contributed by atoms with van der Waals surface area (Å²) >= 11 is 0. The van der Waals surface area contributed by atoms with Gasteiger partial charge >= 0.3 is 0 Å². The highest BCUT2D eigenvalue weighted by molar-refractivity contribution is 5.99. The van der Waals surface area contributed by atoms with Gasteiger partial charge in [-0.25, -0.2) is 10.9 Å². The Balaban J connectivity index is 2.28. The van der Waals surface area contributed by atoms with Gasteiger partial charge in [0.05, 0.1) is 5.69 Å². The molecule has 0 saturated carbocycles. The normalized spacial score (nSPS) is 11.4. The van der Waals surface area contributed by atoms with Crippen LogP contribution in [0.3, 0.4) is 0 Å². The first kappa shape index (κ1) is 21.1. The molecule has 3 N–H and O–H groups in total. The van der Waals surface area contributed by atoms with Gasteiger partial charge < -0.3 is 0 Å². The van der Waals surface area contributed by atoms with E-state index in [1.165, 1.54) is 10.6 Å². The molecule has 27 heavy (non-hydrogen) atoms. The number of benzene rings is 2. The molecule has 146 valence electrons. The molecule has 0 aromatic heterocycles. The Morgan fingerprint density at radius 1 is 0.926 bits per heavy atom. The maximum absolute atomic E-state index is 13.5. The van der Waals surface area contributed by atoms with Crippen molar-refractivity contribution in [3.63, 3.8) is 0 Å². The highest BCUT2D eigenvalue weighted by Crippen LogP contribution is 2.26. The van der Waals surface area contributed by atoms with Crippen LogP contribution in [0.5, 0.6) is 0 Å². The lowest BCUT2D eigenvalue weighted by Gasteiger charge is -2.37. The average Bonchev–Trinajstić information content (AvgIpc) is 2.74. The second-order valence-corrected chi connectivity index (χ2v) is 7.14. The van der Waals surface area contributed by atoms with E-state index in [1.807, 2.05) is 48.5 Å². The minimum atomic E-state index is -0.646. The van der Waals surface area contributed by atoms with E-state index in [0.29, 0.717) is 6.54 Å². The summed E-state index contributed by atoms with van der Waals surface area (Å²) < 4.78 is 0. The van der Waals surface area contributed by atoms with Crippen molar-refractivity contribution in [2.45, 2.75) is 64.5 Å². The number of nitrogens with two attached hydrogens (primary N) is 1. The van der Waals surface area contributed by atoms with Crippen molar-refractivity contribution in [2.24, 2.45) is 5.84 Å². The molecule has 0 aliphatic carbocycles. The van der Waals surface area contributed by atoms with Gasteiger partial charge in [-0.3, -0.25) is 10.1 Å². The van der Waals surface area contributed by atoms with Crippen LogP contribution in [0.4, 0.5) is 5.69 Å². The number of hydrazine groups is 1. The van der Waals surface area contributed by atoms with Crippen molar-refractivity contribution in [1.29, 1.82) is 0 Å². The fourth-order valence-corrected chi connectivity index (χ4v) is 3.35. The Labute approximate surface area is 163 Å². The van der Waals surface area contributed by atoms with E-state index < -0.39 is 5.54 Å². The Morgan fingerprint density at radius 3 is 1.96 bits per heavy atom. The van der Waals surface area contributed by atoms with E-state index in [0.717, 1.165) is 44.2 Å². The Kier molecular flexibility index (Phi) is 8.49. The lowest BCUT2D eigenvalue weighted by Crippen LogP contribution is -2.60. The number of nitrogens with one attached hydrogen (secondary N) is 1. The first-order chi connectivity index (χ1) is 13.1. The van der Waals surface area contributed by atoms with Crippen molar-refractivity contribution in [3.8, 4) is 0 Å². The summed E-state index contributed by atoms with van der Waals surface area (Å²) in [7, 11) is 0. The second kappa shape index (κ2) is 10.9. The summed E-state index contributed by atoms with van der Waals surface area (Å²) in [6.45, 7) is 4.97. The highest BCUT2D eigenvalue weighted by atomic mass is 16.2. The molecule has 4 heteroatoms. The molecular weight excluding hydrogens is 334 g/mol. The SMILES string of the molecule is CCCCC(CCCC)(NCc1ccccc1)C(=O)N(N)c1ccccc1. The van der Waals surface area contributed by atoms with Crippen LogP contribution in [-0.4, -0.2) is 11.4 Å². The standard InChI is InChI=1S/C23H33N3O/c1-3-5-17-23(18-6-4-2,25-19-20-13-9-7-10-14-20)22(27)26(24)21-15-11-8-12-16-21/h7-16,25H,3-6,17-19,24H2,1-2H3. The van der Waals surface area contributed by atoms with Gasteiger partial charge in [-0.1, -0.05) is 88.1 Å². The summed E-state index contributed by atoms with van der Waals surface area (Å²) in [6.07, 6.45) is 5.64. The van der Waals surface area contributed by atoms with Gasteiger partial charge in [0, 0.05) is 6.54 Å². The third-order valence-electron chi connectivity index (χ3n) is 5.05. The van der Waals surface area contributed by atoms with Gasteiger partial charge in [-0.2, -0.15) is 0 Å². The molecule has 0 fully saturated rings. The number of hydrogen-bond acceptors (Lipinski definition) is 3. The summed E-state index contributed by atoms with van der Waals surface area (Å²) in [5, 5.41) is 4.92. The minimum Gasteiger partial charge on any atom is -0.299 e. The van der Waals surface area contributed by atoms with Gasteiger partial charge in [0.1, 0.15) is 5.54 Å². The molecule has 0 atom stereocenters. The molecule has 2 aromatic rings. The zero-order valence-corrected chi connectivity index (χ0v) is 16.7. The van der Waals surface area contributed by atoms with Gasteiger partial charge in [0.25, 0.3) is 5.91 Å². The Hall–Kier alpha value is -2.17. The van der Waals surface area contributed by atoms with E-state index in [-0.39, 0.29) is 5.91 Å². The van der Waals surface area contributed by atoms with E-state index in [1.54, 1.807) is 0 Å². The zero-order chi connectivity index (χ0) is 19.5. The second-order valence-electron chi connectivity index (χ2n) is 7.14. The van der Waals surface area contributed by atoms with E-state index >= 15 is 0 Å². The van der Waals surface area contributed by atoms with Crippen LogP contribution in [0.25, 0.3) is 0 Å². The van der Waals surface area contributed by atoms with E-state index in [2.05, 4.69) is 31.3 Å². The number of rotatable bonds is 11. The quantitative estimate of drug-likeness (QED) is 0.341. The monoisotopic (exact) mass is 367 g/mol. The predicted molar refractivity (Wildman–Crippen MR) is 113 cm³/mol. The molecule has 0 aliphatic heterocycles. The lowest BCUT2D eigenvalue weighted by molar-refractivity contribution is -0.126. The molecule has 0 aliphatic rings. The Morgan fingerprint density at radius 2 is 1.44 bits per heavy atom. The van der Waals surface area contributed by atoms with Crippen molar-refractivity contribution >= 4 is 11.6 Å². The molecule has 0 spiro atoms. The molecule has 2 rings (SSSR count). The first-order valence-corrected chi connectivity index (χ1v) is 10.1. The number of para-hydroxylation sites is 1. The van der Waals surface area contributed by atoms with Crippen LogP contribution >= 0.6 is 0 Å². The Bertz CT molecular complexity index is 665. The van der Waals surface area contributed by atoms with Crippen LogP contribution in [-0.2, 0) is 11.3 Å². The van der Waals surface area contributed by atoms with Crippen LogP contribution in [0.1, 0.15) is 57.9 Å². The molecule has 0 radical (unpaired) electrons. The molecule has 0 bridgehead atoms. The summed E-state index contributed by atoms with van der Waals surface area (Å²) in [5.41, 5.74) is 1.25. The number of amides is 1. The predicted octanol–water partition coefficient (Wildman–Crippen LogP) is 4.80. The fourth-order valence-electron chi connectivity index (χ4n) is 3.35. The maximum atomic E-state index is 13.5. The van der Waals surface area contributed by atoms with Gasteiger partial charge in [-0.05, 0) is 30.5 Å². The molecule has 1 amide bonds. The smallest absolute Gasteiger partial charge is 0.261 e. The van der Waals surface area contributed by atoms with Crippen molar-refractivity contribution in [2.75, 3.05) is 5.01 Å². The summed E-state index contributed by atoms with van der Waals surface area (Å²) in [5.74, 6) is 6.23. The summed E-state index contributed by atoms with van der Waals surface area (Å²) in [4.78, 5) is 13.5. The number of carbonyl (C=O) groups is 1. The average molecular weight is 368 g/mol. The minimum absolute atomic E-state index is 0.0495. The van der Waals surface area contributed by atoms with Crippen LogP contribution < -0.4 is 16.2 Å². The van der Waals surface area contributed by atoms with Crippen LogP contribution in [0, 0.1) is 0 Å². The first-order valence-electron chi connectivity index (χ1n) is 10.1. The third-order valence-corrected chi connectivity index (χ3v) is 5.05. The molecule has 4 nitrogen and oxygen atoms in total. The maximum Gasteiger partial charge on any atom is 0.261 e. The molecule has 0 unspecified atom stereocenters. The number of nitrogens with zero attached hydrogens (tertiary/aromatic N) is 1. The summed E-state index contributed by atoms with van der Waals surface area (Å²) in [6, 6.07) is 19.7. The van der Waals surface area contributed by atoms with Crippen molar-refractivity contribution in [1.82, 2.24) is 5.32 Å². The number of hydrogen-bond donors (Lipinski definition) is 2. The zero-order valence-electron chi connectivity index (χ0n) is 16.7. The molecular formula is C23H33N3O. The van der Waals surface area contributed by atoms with E-state index in [9.17, 15) is 4.79 Å². The molecule has 0 heterocycles. The molecule has 2 aromatic carbocycles. The van der Waals surface area contributed by atoms with Crippen LogP contribution in [0.2, 0.25) is 0 Å². The van der Waals surface area contributed by atoms with E-state index in [4.69, 9.17) is 5.84 Å². The lowest BCUT2D eigenvalue weighted by atomic mass is 9.85. The largest absolute Gasteiger partial charge is 0.299 e. The van der Waals surface area contributed by atoms with Crippen molar-refractivity contribution in [3.05, 3.63) is 66.2 Å².